The number of fused-ring (bicyclic) bond motifs is 1. The standard InChI is InChI=1S/C27H35N5O3/c1-18(33)35-24-14-11-20(15-25(24)34-4)17-28-16-19-9-12-21(13-10-19)29-27-30-23-8-6-5-7-22(23)26(31-27)32(2)3/h5-8,11,14-15,19,21,28H,9-10,12-13,16-17H2,1-4H3,(H,29,30,31). The van der Waals surface area contributed by atoms with E-state index in [4.69, 9.17) is 19.4 Å². The summed E-state index contributed by atoms with van der Waals surface area (Å²) in [5.41, 5.74) is 2.06. The molecule has 8 heteroatoms. The van der Waals surface area contributed by atoms with Crippen molar-refractivity contribution in [3.63, 3.8) is 0 Å². The Morgan fingerprint density at radius 2 is 1.83 bits per heavy atom. The molecule has 0 bridgehead atoms. The number of aromatic nitrogens is 2. The Morgan fingerprint density at radius 3 is 2.54 bits per heavy atom. The summed E-state index contributed by atoms with van der Waals surface area (Å²) in [6, 6.07) is 14.2. The number of para-hydroxylation sites is 1. The third-order valence-corrected chi connectivity index (χ3v) is 6.43. The lowest BCUT2D eigenvalue weighted by Crippen LogP contribution is -2.31. The lowest BCUT2D eigenvalue weighted by molar-refractivity contribution is -0.132. The molecule has 0 atom stereocenters. The minimum absolute atomic E-state index is 0.357. The first-order valence-corrected chi connectivity index (χ1v) is 12.2. The Bertz CT molecular complexity index is 1160. The van der Waals surface area contributed by atoms with Gasteiger partial charge in [0, 0.05) is 39.0 Å². The summed E-state index contributed by atoms with van der Waals surface area (Å²) >= 11 is 0. The third-order valence-electron chi connectivity index (χ3n) is 6.43. The number of carbonyl (C=O) groups is 1. The minimum Gasteiger partial charge on any atom is -0.493 e. The molecule has 35 heavy (non-hydrogen) atoms. The van der Waals surface area contributed by atoms with E-state index in [0.717, 1.165) is 61.1 Å². The lowest BCUT2D eigenvalue weighted by Gasteiger charge is -2.29. The van der Waals surface area contributed by atoms with Gasteiger partial charge in [0.15, 0.2) is 11.5 Å². The molecule has 1 saturated carbocycles. The average molecular weight is 478 g/mol. The molecule has 0 amide bonds. The van der Waals surface area contributed by atoms with Gasteiger partial charge >= 0.3 is 5.97 Å². The molecular formula is C27H35N5O3. The number of rotatable bonds is 9. The number of carbonyl (C=O) groups excluding carboxylic acids is 1. The van der Waals surface area contributed by atoms with E-state index in [1.165, 1.54) is 6.92 Å². The van der Waals surface area contributed by atoms with Crippen molar-refractivity contribution < 1.29 is 14.3 Å². The zero-order chi connectivity index (χ0) is 24.8. The molecule has 2 aromatic carbocycles. The molecule has 1 aliphatic carbocycles. The van der Waals surface area contributed by atoms with Gasteiger partial charge in [-0.1, -0.05) is 18.2 Å². The largest absolute Gasteiger partial charge is 0.493 e. The Balaban J connectivity index is 1.26. The summed E-state index contributed by atoms with van der Waals surface area (Å²) in [4.78, 5) is 22.8. The van der Waals surface area contributed by atoms with E-state index < -0.39 is 0 Å². The molecule has 8 nitrogen and oxygen atoms in total. The predicted molar refractivity (Wildman–Crippen MR) is 139 cm³/mol. The lowest BCUT2D eigenvalue weighted by atomic mass is 9.86. The van der Waals surface area contributed by atoms with Crippen molar-refractivity contribution in [2.75, 3.05) is 38.0 Å². The Labute approximate surface area is 207 Å². The van der Waals surface area contributed by atoms with Crippen molar-refractivity contribution in [1.82, 2.24) is 15.3 Å². The Morgan fingerprint density at radius 1 is 1.06 bits per heavy atom. The molecular weight excluding hydrogens is 442 g/mol. The van der Waals surface area contributed by atoms with Crippen LogP contribution < -0.4 is 25.0 Å². The summed E-state index contributed by atoms with van der Waals surface area (Å²) in [5.74, 6) is 2.95. The fraction of sp³-hybridized carbons (Fsp3) is 0.444. The van der Waals surface area contributed by atoms with Gasteiger partial charge in [0.2, 0.25) is 5.95 Å². The van der Waals surface area contributed by atoms with E-state index in [0.29, 0.717) is 29.4 Å². The fourth-order valence-corrected chi connectivity index (χ4v) is 4.64. The zero-order valence-electron chi connectivity index (χ0n) is 21.0. The first-order chi connectivity index (χ1) is 16.9. The number of anilines is 2. The van der Waals surface area contributed by atoms with Crippen LogP contribution in [0.2, 0.25) is 0 Å². The van der Waals surface area contributed by atoms with Crippen LogP contribution in [-0.4, -0.2) is 49.7 Å². The van der Waals surface area contributed by atoms with Gasteiger partial charge < -0.3 is 25.0 Å². The van der Waals surface area contributed by atoms with Gasteiger partial charge in [0.25, 0.3) is 0 Å². The summed E-state index contributed by atoms with van der Waals surface area (Å²) in [5, 5.41) is 8.22. The molecule has 0 unspecified atom stereocenters. The first kappa shape index (κ1) is 24.7. The normalized spacial score (nSPS) is 17.7. The van der Waals surface area contributed by atoms with Gasteiger partial charge in [-0.05, 0) is 68.0 Å². The molecule has 0 saturated heterocycles. The van der Waals surface area contributed by atoms with Gasteiger partial charge in [-0.2, -0.15) is 4.98 Å². The molecule has 4 rings (SSSR count). The molecule has 0 radical (unpaired) electrons. The highest BCUT2D eigenvalue weighted by atomic mass is 16.6. The van der Waals surface area contributed by atoms with Crippen LogP contribution >= 0.6 is 0 Å². The van der Waals surface area contributed by atoms with Gasteiger partial charge in [-0.25, -0.2) is 4.98 Å². The van der Waals surface area contributed by atoms with Crippen LogP contribution in [0.25, 0.3) is 10.9 Å². The second kappa shape index (κ2) is 11.4. The second-order valence-electron chi connectivity index (χ2n) is 9.35. The van der Waals surface area contributed by atoms with Crippen LogP contribution in [-0.2, 0) is 11.3 Å². The molecule has 1 aliphatic rings. The molecule has 0 aliphatic heterocycles. The molecule has 186 valence electrons. The second-order valence-corrected chi connectivity index (χ2v) is 9.35. The smallest absolute Gasteiger partial charge is 0.308 e. The highest BCUT2D eigenvalue weighted by molar-refractivity contribution is 5.90. The van der Waals surface area contributed by atoms with E-state index in [2.05, 4.69) is 16.7 Å². The van der Waals surface area contributed by atoms with Gasteiger partial charge in [0.05, 0.1) is 12.6 Å². The Hall–Kier alpha value is -3.39. The maximum absolute atomic E-state index is 11.2. The van der Waals surface area contributed by atoms with Crippen molar-refractivity contribution in [2.45, 2.75) is 45.2 Å². The van der Waals surface area contributed by atoms with Crippen molar-refractivity contribution >= 4 is 28.6 Å². The SMILES string of the molecule is COc1cc(CNCC2CCC(Nc3nc(N(C)C)c4ccccc4n3)CC2)ccc1OC(C)=O. The molecule has 2 N–H and O–H groups in total. The van der Waals surface area contributed by atoms with E-state index in [-0.39, 0.29) is 5.97 Å². The summed E-state index contributed by atoms with van der Waals surface area (Å²) in [7, 11) is 5.61. The fourth-order valence-electron chi connectivity index (χ4n) is 4.64. The van der Waals surface area contributed by atoms with E-state index in [9.17, 15) is 4.79 Å². The quantitative estimate of drug-likeness (QED) is 0.347. The average Bonchev–Trinajstić information content (AvgIpc) is 2.85. The van der Waals surface area contributed by atoms with Gasteiger partial charge in [-0.15, -0.1) is 0 Å². The summed E-state index contributed by atoms with van der Waals surface area (Å²) < 4.78 is 10.5. The number of esters is 1. The number of hydrogen-bond donors (Lipinski definition) is 2. The van der Waals surface area contributed by atoms with Crippen molar-refractivity contribution in [1.29, 1.82) is 0 Å². The highest BCUT2D eigenvalue weighted by Gasteiger charge is 2.22. The summed E-state index contributed by atoms with van der Waals surface area (Å²) in [6.07, 6.45) is 4.52. The number of nitrogens with zero attached hydrogens (tertiary/aromatic N) is 3. The highest BCUT2D eigenvalue weighted by Crippen LogP contribution is 2.30. The number of nitrogens with one attached hydrogen (secondary N) is 2. The van der Waals surface area contributed by atoms with Crippen molar-refractivity contribution in [2.24, 2.45) is 5.92 Å². The minimum atomic E-state index is -0.357. The van der Waals surface area contributed by atoms with E-state index >= 15 is 0 Å². The van der Waals surface area contributed by atoms with Crippen LogP contribution in [0.4, 0.5) is 11.8 Å². The molecule has 1 heterocycles. The molecule has 3 aromatic rings. The number of methoxy groups -OCH3 is 1. The summed E-state index contributed by atoms with van der Waals surface area (Å²) in [6.45, 7) is 3.10. The number of hydrogen-bond acceptors (Lipinski definition) is 8. The van der Waals surface area contributed by atoms with Crippen LogP contribution in [0.1, 0.15) is 38.2 Å². The van der Waals surface area contributed by atoms with E-state index in [1.54, 1.807) is 13.2 Å². The van der Waals surface area contributed by atoms with Crippen LogP contribution in [0.3, 0.4) is 0 Å². The maximum Gasteiger partial charge on any atom is 0.308 e. The molecule has 0 spiro atoms. The van der Waals surface area contributed by atoms with Gasteiger partial charge in [-0.3, -0.25) is 4.79 Å². The van der Waals surface area contributed by atoms with Crippen LogP contribution in [0.5, 0.6) is 11.5 Å². The van der Waals surface area contributed by atoms with Crippen LogP contribution in [0.15, 0.2) is 42.5 Å². The zero-order valence-corrected chi connectivity index (χ0v) is 21.0. The van der Waals surface area contributed by atoms with Crippen molar-refractivity contribution in [3.05, 3.63) is 48.0 Å². The monoisotopic (exact) mass is 477 g/mol. The maximum atomic E-state index is 11.2. The predicted octanol–water partition coefficient (Wildman–Crippen LogP) is 4.39. The number of benzene rings is 2. The Kier molecular flexibility index (Phi) is 8.02. The van der Waals surface area contributed by atoms with Crippen molar-refractivity contribution in [3.8, 4) is 11.5 Å². The molecule has 1 fully saturated rings. The van der Waals surface area contributed by atoms with Crippen LogP contribution in [0, 0.1) is 5.92 Å². The molecule has 1 aromatic heterocycles. The number of ether oxygens (including phenoxy) is 2. The first-order valence-electron chi connectivity index (χ1n) is 12.2. The van der Waals surface area contributed by atoms with E-state index in [1.807, 2.05) is 49.3 Å². The topological polar surface area (TPSA) is 88.6 Å². The third kappa shape index (κ3) is 6.39. The van der Waals surface area contributed by atoms with Gasteiger partial charge in [0.1, 0.15) is 5.82 Å².